The van der Waals surface area contributed by atoms with E-state index in [1.165, 1.54) is 4.90 Å². The number of hydrogen-bond acceptors (Lipinski definition) is 3. The standard InChI is InChI=1S/C15H21NO3/c1-2-3-6-10-19-11-9-16-14(17)12-7-4-5-8-13(12)15(16)18/h4,7H,2-3,5-6,8-11H2,1H3. The van der Waals surface area contributed by atoms with Crippen molar-refractivity contribution in [1.29, 1.82) is 0 Å². The smallest absolute Gasteiger partial charge is 0.261 e. The number of nitrogens with zero attached hydrogens (tertiary/aromatic N) is 1. The van der Waals surface area contributed by atoms with Crippen LogP contribution in [0.2, 0.25) is 0 Å². The molecule has 0 fully saturated rings. The van der Waals surface area contributed by atoms with E-state index in [0.29, 0.717) is 37.3 Å². The van der Waals surface area contributed by atoms with Crippen molar-refractivity contribution < 1.29 is 14.3 Å². The van der Waals surface area contributed by atoms with Crippen LogP contribution >= 0.6 is 0 Å². The highest BCUT2D eigenvalue weighted by Gasteiger charge is 2.36. The SMILES string of the molecule is CCCCCOCCN1C(=O)C2=C(CCC=C2)C1=O. The maximum Gasteiger partial charge on any atom is 0.261 e. The zero-order chi connectivity index (χ0) is 13.7. The van der Waals surface area contributed by atoms with Crippen LogP contribution in [0.25, 0.3) is 0 Å². The van der Waals surface area contributed by atoms with Crippen LogP contribution in [0.1, 0.15) is 39.0 Å². The Morgan fingerprint density at radius 2 is 2.05 bits per heavy atom. The van der Waals surface area contributed by atoms with E-state index < -0.39 is 0 Å². The summed E-state index contributed by atoms with van der Waals surface area (Å²) in [4.78, 5) is 25.5. The molecule has 0 aromatic carbocycles. The summed E-state index contributed by atoms with van der Waals surface area (Å²) in [6.07, 6.45) is 8.62. The molecular formula is C15H21NO3. The first-order valence-corrected chi connectivity index (χ1v) is 7.09. The van der Waals surface area contributed by atoms with Crippen molar-refractivity contribution >= 4 is 11.8 Å². The highest BCUT2D eigenvalue weighted by Crippen LogP contribution is 2.28. The lowest BCUT2D eigenvalue weighted by Crippen LogP contribution is -2.34. The van der Waals surface area contributed by atoms with Gasteiger partial charge in [-0.1, -0.05) is 31.9 Å². The van der Waals surface area contributed by atoms with E-state index in [-0.39, 0.29) is 11.8 Å². The Balaban J connectivity index is 1.78. The van der Waals surface area contributed by atoms with Crippen LogP contribution in [-0.4, -0.2) is 36.5 Å². The molecule has 0 unspecified atom stereocenters. The van der Waals surface area contributed by atoms with Crippen molar-refractivity contribution in [1.82, 2.24) is 4.90 Å². The van der Waals surface area contributed by atoms with E-state index in [9.17, 15) is 9.59 Å². The van der Waals surface area contributed by atoms with Gasteiger partial charge >= 0.3 is 0 Å². The maximum absolute atomic E-state index is 12.1. The van der Waals surface area contributed by atoms with Crippen molar-refractivity contribution in [3.05, 3.63) is 23.3 Å². The molecule has 1 aliphatic carbocycles. The Labute approximate surface area is 114 Å². The number of carbonyl (C=O) groups is 2. The molecule has 19 heavy (non-hydrogen) atoms. The molecule has 0 atom stereocenters. The van der Waals surface area contributed by atoms with Gasteiger partial charge < -0.3 is 4.74 Å². The summed E-state index contributed by atoms with van der Waals surface area (Å²) >= 11 is 0. The fourth-order valence-electron chi connectivity index (χ4n) is 2.40. The quantitative estimate of drug-likeness (QED) is 0.522. The molecule has 0 aromatic rings. The normalized spacial score (nSPS) is 18.5. The summed E-state index contributed by atoms with van der Waals surface area (Å²) < 4.78 is 5.47. The lowest BCUT2D eigenvalue weighted by molar-refractivity contribution is -0.138. The number of ether oxygens (including phenoxy) is 1. The monoisotopic (exact) mass is 263 g/mol. The summed E-state index contributed by atoms with van der Waals surface area (Å²) in [5.41, 5.74) is 1.26. The van der Waals surface area contributed by atoms with Gasteiger partial charge in [-0.05, 0) is 19.3 Å². The van der Waals surface area contributed by atoms with Gasteiger partial charge in [-0.15, -0.1) is 0 Å². The minimum atomic E-state index is -0.159. The zero-order valence-electron chi connectivity index (χ0n) is 11.5. The van der Waals surface area contributed by atoms with E-state index in [1.54, 1.807) is 6.08 Å². The second-order valence-corrected chi connectivity index (χ2v) is 4.91. The number of rotatable bonds is 7. The molecule has 0 saturated heterocycles. The van der Waals surface area contributed by atoms with Crippen LogP contribution in [0.3, 0.4) is 0 Å². The average molecular weight is 263 g/mol. The molecular weight excluding hydrogens is 242 g/mol. The summed E-state index contributed by atoms with van der Waals surface area (Å²) in [6.45, 7) is 3.65. The van der Waals surface area contributed by atoms with Gasteiger partial charge in [0.2, 0.25) is 0 Å². The molecule has 0 spiro atoms. The number of allylic oxidation sites excluding steroid dienone is 1. The topological polar surface area (TPSA) is 46.6 Å². The molecule has 104 valence electrons. The highest BCUT2D eigenvalue weighted by molar-refractivity contribution is 6.20. The molecule has 0 radical (unpaired) electrons. The Morgan fingerprint density at radius 1 is 1.21 bits per heavy atom. The molecule has 0 aromatic heterocycles. The molecule has 2 aliphatic rings. The third-order valence-corrected chi connectivity index (χ3v) is 3.50. The van der Waals surface area contributed by atoms with Crippen molar-refractivity contribution in [2.24, 2.45) is 0 Å². The third-order valence-electron chi connectivity index (χ3n) is 3.50. The Morgan fingerprint density at radius 3 is 2.79 bits per heavy atom. The summed E-state index contributed by atoms with van der Waals surface area (Å²) in [7, 11) is 0. The van der Waals surface area contributed by atoms with Crippen LogP contribution in [-0.2, 0) is 14.3 Å². The summed E-state index contributed by atoms with van der Waals surface area (Å²) in [6, 6.07) is 0. The van der Waals surface area contributed by atoms with Crippen LogP contribution in [0.5, 0.6) is 0 Å². The molecule has 4 heteroatoms. The summed E-state index contributed by atoms with van der Waals surface area (Å²) in [5.74, 6) is -0.283. The van der Waals surface area contributed by atoms with E-state index in [2.05, 4.69) is 6.92 Å². The second-order valence-electron chi connectivity index (χ2n) is 4.91. The lowest BCUT2D eigenvalue weighted by Gasteiger charge is -2.14. The first-order chi connectivity index (χ1) is 9.25. The minimum absolute atomic E-state index is 0.124. The average Bonchev–Trinajstić information content (AvgIpc) is 2.68. The number of amides is 2. The maximum atomic E-state index is 12.1. The molecule has 1 aliphatic heterocycles. The largest absolute Gasteiger partial charge is 0.380 e. The molecule has 0 bridgehead atoms. The number of unbranched alkanes of at least 4 members (excludes halogenated alkanes) is 2. The van der Waals surface area contributed by atoms with E-state index in [4.69, 9.17) is 4.74 Å². The number of imide groups is 1. The zero-order valence-corrected chi connectivity index (χ0v) is 11.5. The van der Waals surface area contributed by atoms with E-state index in [1.807, 2.05) is 6.08 Å². The van der Waals surface area contributed by atoms with Gasteiger partial charge in [-0.25, -0.2) is 0 Å². The minimum Gasteiger partial charge on any atom is -0.380 e. The second kappa shape index (κ2) is 6.66. The fourth-order valence-corrected chi connectivity index (χ4v) is 2.40. The Kier molecular flexibility index (Phi) is 4.91. The first-order valence-electron chi connectivity index (χ1n) is 7.09. The van der Waals surface area contributed by atoms with Crippen molar-refractivity contribution in [2.75, 3.05) is 19.8 Å². The van der Waals surface area contributed by atoms with Crippen molar-refractivity contribution in [2.45, 2.75) is 39.0 Å². The van der Waals surface area contributed by atoms with Crippen molar-refractivity contribution in [3.8, 4) is 0 Å². The van der Waals surface area contributed by atoms with E-state index >= 15 is 0 Å². The number of carbonyl (C=O) groups excluding carboxylic acids is 2. The van der Waals surface area contributed by atoms with Crippen LogP contribution < -0.4 is 0 Å². The molecule has 1 heterocycles. The summed E-state index contributed by atoms with van der Waals surface area (Å²) in [5, 5.41) is 0. The highest BCUT2D eigenvalue weighted by atomic mass is 16.5. The fraction of sp³-hybridized carbons (Fsp3) is 0.600. The third kappa shape index (κ3) is 3.13. The molecule has 2 amide bonds. The van der Waals surface area contributed by atoms with Gasteiger partial charge in [0.05, 0.1) is 13.2 Å². The van der Waals surface area contributed by atoms with Crippen molar-refractivity contribution in [3.63, 3.8) is 0 Å². The van der Waals surface area contributed by atoms with Gasteiger partial charge in [0.25, 0.3) is 11.8 Å². The number of hydrogen-bond donors (Lipinski definition) is 0. The first kappa shape index (κ1) is 14.0. The van der Waals surface area contributed by atoms with Gasteiger partial charge in [-0.2, -0.15) is 0 Å². The molecule has 0 N–H and O–H groups in total. The lowest BCUT2D eigenvalue weighted by atomic mass is 10.00. The van der Waals surface area contributed by atoms with E-state index in [0.717, 1.165) is 25.7 Å². The molecule has 2 rings (SSSR count). The molecule has 0 saturated carbocycles. The predicted octanol–water partition coefficient (Wildman–Crippen LogP) is 2.21. The van der Waals surface area contributed by atoms with Gasteiger partial charge in [-0.3, -0.25) is 14.5 Å². The Hall–Kier alpha value is -1.42. The van der Waals surface area contributed by atoms with Crippen LogP contribution in [0, 0.1) is 0 Å². The van der Waals surface area contributed by atoms with Gasteiger partial charge in [0.1, 0.15) is 0 Å². The predicted molar refractivity (Wildman–Crippen MR) is 72.5 cm³/mol. The van der Waals surface area contributed by atoms with Crippen LogP contribution in [0.4, 0.5) is 0 Å². The van der Waals surface area contributed by atoms with Crippen LogP contribution in [0.15, 0.2) is 23.3 Å². The molecule has 4 nitrogen and oxygen atoms in total. The van der Waals surface area contributed by atoms with Gasteiger partial charge in [0.15, 0.2) is 0 Å². The van der Waals surface area contributed by atoms with Gasteiger partial charge in [0, 0.05) is 17.8 Å². The Bertz CT molecular complexity index is 423.